The lowest BCUT2D eigenvalue weighted by atomic mass is 9.78. The number of phenolic OH excluding ortho intramolecular Hbond substituents is 1. The Kier molecular flexibility index (Phi) is 8.16. The molecule has 6 heteroatoms. The number of hydrogen-bond acceptors (Lipinski definition) is 5. The topological polar surface area (TPSA) is 68.2 Å². The quantitative estimate of drug-likeness (QED) is 0.495. The number of hydrazone groups is 1. The average Bonchev–Trinajstić information content (AvgIpc) is 2.75. The maximum atomic E-state index is 12.5. The molecule has 3 rings (SSSR count). The maximum Gasteiger partial charge on any atom is 0.254 e. The largest absolute Gasteiger partial charge is 0.507 e. The van der Waals surface area contributed by atoms with Gasteiger partial charge in [-0.1, -0.05) is 71.9 Å². The Hall–Kier alpha value is -2.70. The molecule has 2 aromatic carbocycles. The molecule has 34 heavy (non-hydrogen) atoms. The number of amides is 1. The van der Waals surface area contributed by atoms with Gasteiger partial charge in [0.2, 0.25) is 0 Å². The molecular formula is C28H40N4O2. The lowest BCUT2D eigenvalue weighted by Gasteiger charge is -2.34. The van der Waals surface area contributed by atoms with Crippen LogP contribution in [0.4, 0.5) is 0 Å². The average molecular weight is 465 g/mol. The molecule has 0 saturated carbocycles. The first-order chi connectivity index (χ1) is 15.9. The van der Waals surface area contributed by atoms with Crippen LogP contribution in [0.5, 0.6) is 5.75 Å². The van der Waals surface area contributed by atoms with Crippen molar-refractivity contribution >= 4 is 12.1 Å². The van der Waals surface area contributed by atoms with Crippen molar-refractivity contribution in [2.24, 2.45) is 5.10 Å². The number of aromatic hydroxyl groups is 1. The first-order valence-corrected chi connectivity index (χ1v) is 12.1. The summed E-state index contributed by atoms with van der Waals surface area (Å²) in [6.45, 7) is 17.4. The van der Waals surface area contributed by atoms with Gasteiger partial charge in [0, 0.05) is 43.9 Å². The highest BCUT2D eigenvalue weighted by Gasteiger charge is 2.26. The number of nitrogens with zero attached hydrogens (tertiary/aromatic N) is 3. The number of phenols is 1. The van der Waals surface area contributed by atoms with Crippen LogP contribution in [0.3, 0.4) is 0 Å². The number of benzene rings is 2. The van der Waals surface area contributed by atoms with E-state index in [1.807, 2.05) is 18.2 Å². The predicted octanol–water partition coefficient (Wildman–Crippen LogP) is 4.26. The molecular weight excluding hydrogens is 424 g/mol. The fourth-order valence-electron chi connectivity index (χ4n) is 4.24. The molecule has 184 valence electrons. The van der Waals surface area contributed by atoms with Crippen LogP contribution in [-0.4, -0.2) is 59.8 Å². The Morgan fingerprint density at radius 2 is 1.47 bits per heavy atom. The molecule has 2 aromatic rings. The van der Waals surface area contributed by atoms with E-state index in [2.05, 4.69) is 86.1 Å². The smallest absolute Gasteiger partial charge is 0.254 e. The van der Waals surface area contributed by atoms with Crippen molar-refractivity contribution in [1.82, 2.24) is 15.2 Å². The van der Waals surface area contributed by atoms with Crippen LogP contribution >= 0.6 is 0 Å². The highest BCUT2D eigenvalue weighted by molar-refractivity contribution is 5.84. The highest BCUT2D eigenvalue weighted by Crippen LogP contribution is 2.39. The van der Waals surface area contributed by atoms with Gasteiger partial charge in [0.05, 0.1) is 12.8 Å². The molecule has 0 atom stereocenters. The summed E-state index contributed by atoms with van der Waals surface area (Å²) in [4.78, 5) is 17.1. The monoisotopic (exact) mass is 464 g/mol. The van der Waals surface area contributed by atoms with E-state index in [1.165, 1.54) is 5.56 Å². The standard InChI is InChI=1S/C28H40N4O2/c1-27(2,3)23-16-22(17-24(26(23)34)28(4,5)6)18-29-30-25(33)20-32-14-12-31(13-15-32)19-21-10-8-7-9-11-21/h7-11,16-18,34H,12-15,19-20H2,1-6H3,(H,30,33)/b29-18+. The van der Waals surface area contributed by atoms with E-state index in [0.717, 1.165) is 49.4 Å². The summed E-state index contributed by atoms with van der Waals surface area (Å²) in [5.74, 6) is 0.228. The molecule has 0 radical (unpaired) electrons. The Balaban J connectivity index is 1.55. The molecule has 1 amide bonds. The lowest BCUT2D eigenvalue weighted by molar-refractivity contribution is -0.122. The number of nitrogens with one attached hydrogen (secondary N) is 1. The van der Waals surface area contributed by atoms with Crippen LogP contribution in [0.25, 0.3) is 0 Å². The summed E-state index contributed by atoms with van der Waals surface area (Å²) >= 11 is 0. The van der Waals surface area contributed by atoms with Crippen molar-refractivity contribution in [1.29, 1.82) is 0 Å². The summed E-state index contributed by atoms with van der Waals surface area (Å²) in [5.41, 5.74) is 6.19. The molecule has 0 bridgehead atoms. The second-order valence-electron chi connectivity index (χ2n) is 11.3. The number of rotatable bonds is 6. The van der Waals surface area contributed by atoms with Crippen molar-refractivity contribution in [2.45, 2.75) is 58.9 Å². The van der Waals surface area contributed by atoms with E-state index in [1.54, 1.807) is 6.21 Å². The van der Waals surface area contributed by atoms with Gasteiger partial charge in [-0.15, -0.1) is 0 Å². The van der Waals surface area contributed by atoms with Crippen molar-refractivity contribution in [3.8, 4) is 5.75 Å². The van der Waals surface area contributed by atoms with E-state index in [-0.39, 0.29) is 16.7 Å². The zero-order chi connectivity index (χ0) is 24.9. The van der Waals surface area contributed by atoms with Crippen molar-refractivity contribution in [3.63, 3.8) is 0 Å². The van der Waals surface area contributed by atoms with Gasteiger partial charge in [-0.05, 0) is 34.1 Å². The first-order valence-electron chi connectivity index (χ1n) is 12.1. The number of carbonyl (C=O) groups is 1. The first kappa shape index (κ1) is 25.9. The fraction of sp³-hybridized carbons (Fsp3) is 0.500. The molecule has 1 fully saturated rings. The summed E-state index contributed by atoms with van der Waals surface area (Å²) in [6, 6.07) is 14.4. The van der Waals surface area contributed by atoms with Crippen LogP contribution in [0.1, 0.15) is 63.8 Å². The van der Waals surface area contributed by atoms with Crippen LogP contribution in [0.15, 0.2) is 47.6 Å². The Labute approximate surface area is 204 Å². The van der Waals surface area contributed by atoms with E-state index >= 15 is 0 Å². The second-order valence-corrected chi connectivity index (χ2v) is 11.3. The lowest BCUT2D eigenvalue weighted by Crippen LogP contribution is -2.48. The van der Waals surface area contributed by atoms with Crippen molar-refractivity contribution < 1.29 is 9.90 Å². The molecule has 0 unspecified atom stereocenters. The maximum absolute atomic E-state index is 12.5. The van der Waals surface area contributed by atoms with Crippen LogP contribution in [0, 0.1) is 0 Å². The van der Waals surface area contributed by atoms with E-state index < -0.39 is 0 Å². The molecule has 6 nitrogen and oxygen atoms in total. The normalized spacial score (nSPS) is 16.2. The van der Waals surface area contributed by atoms with Gasteiger partial charge in [0.15, 0.2) is 0 Å². The van der Waals surface area contributed by atoms with Gasteiger partial charge in [-0.3, -0.25) is 14.6 Å². The minimum Gasteiger partial charge on any atom is -0.507 e. The summed E-state index contributed by atoms with van der Waals surface area (Å²) < 4.78 is 0. The molecule has 1 saturated heterocycles. The molecule has 0 spiro atoms. The van der Waals surface area contributed by atoms with E-state index in [0.29, 0.717) is 12.3 Å². The predicted molar refractivity (Wildman–Crippen MR) is 139 cm³/mol. The molecule has 1 aliphatic rings. The summed E-state index contributed by atoms with van der Waals surface area (Å²) in [6.07, 6.45) is 1.67. The Bertz CT molecular complexity index is 960. The Morgan fingerprint density at radius 1 is 0.941 bits per heavy atom. The van der Waals surface area contributed by atoms with Crippen LogP contribution in [0.2, 0.25) is 0 Å². The zero-order valence-corrected chi connectivity index (χ0v) is 21.6. The Morgan fingerprint density at radius 3 is 2.00 bits per heavy atom. The molecule has 2 N–H and O–H groups in total. The van der Waals surface area contributed by atoms with Gasteiger partial charge in [-0.25, -0.2) is 5.43 Å². The van der Waals surface area contributed by atoms with Crippen molar-refractivity contribution in [3.05, 3.63) is 64.7 Å². The van der Waals surface area contributed by atoms with Gasteiger partial charge >= 0.3 is 0 Å². The third-order valence-corrected chi connectivity index (χ3v) is 6.23. The molecule has 1 aliphatic heterocycles. The minimum atomic E-state index is -0.208. The van der Waals surface area contributed by atoms with Gasteiger partial charge in [0.1, 0.15) is 5.75 Å². The number of hydrogen-bond donors (Lipinski definition) is 2. The zero-order valence-electron chi connectivity index (χ0n) is 21.6. The summed E-state index contributed by atoms with van der Waals surface area (Å²) in [7, 11) is 0. The van der Waals surface area contributed by atoms with Crippen molar-refractivity contribution in [2.75, 3.05) is 32.7 Å². The number of carbonyl (C=O) groups excluding carboxylic acids is 1. The number of piperazine rings is 1. The highest BCUT2D eigenvalue weighted by atomic mass is 16.3. The van der Waals surface area contributed by atoms with Gasteiger partial charge < -0.3 is 5.11 Å². The van der Waals surface area contributed by atoms with Gasteiger partial charge in [0.25, 0.3) is 5.91 Å². The van der Waals surface area contributed by atoms with Crippen LogP contribution < -0.4 is 5.43 Å². The third-order valence-electron chi connectivity index (χ3n) is 6.23. The molecule has 0 aromatic heterocycles. The van der Waals surface area contributed by atoms with Gasteiger partial charge in [-0.2, -0.15) is 5.10 Å². The SMILES string of the molecule is CC(C)(C)c1cc(/C=N/NC(=O)CN2CCN(Cc3ccccc3)CC2)cc(C(C)(C)C)c1O. The van der Waals surface area contributed by atoms with E-state index in [4.69, 9.17) is 0 Å². The minimum absolute atomic E-state index is 0.112. The van der Waals surface area contributed by atoms with E-state index in [9.17, 15) is 9.90 Å². The molecule has 0 aliphatic carbocycles. The van der Waals surface area contributed by atoms with Crippen LogP contribution in [-0.2, 0) is 22.2 Å². The fourth-order valence-corrected chi connectivity index (χ4v) is 4.24. The third kappa shape index (κ3) is 7.15. The summed E-state index contributed by atoms with van der Waals surface area (Å²) in [5, 5.41) is 15.1. The second kappa shape index (κ2) is 10.7. The molecule has 1 heterocycles.